The van der Waals surface area contributed by atoms with Crippen LogP contribution in [0.5, 0.6) is 0 Å². The Hall–Kier alpha value is -2.44. The van der Waals surface area contributed by atoms with Gasteiger partial charge in [0, 0.05) is 6.07 Å². The summed E-state index contributed by atoms with van der Waals surface area (Å²) in [6, 6.07) is 3.11. The lowest BCUT2D eigenvalue weighted by Gasteiger charge is -2.14. The van der Waals surface area contributed by atoms with Crippen LogP contribution >= 0.6 is 0 Å². The van der Waals surface area contributed by atoms with Crippen molar-refractivity contribution < 1.29 is 19.6 Å². The first-order valence-corrected chi connectivity index (χ1v) is 6.65. The van der Waals surface area contributed by atoms with Crippen LogP contribution in [-0.2, 0) is 4.79 Å². The minimum atomic E-state index is -1.15. The fourth-order valence-corrected chi connectivity index (χ4v) is 1.89. The van der Waals surface area contributed by atoms with Gasteiger partial charge in [-0.25, -0.2) is 4.79 Å². The molecular weight excluding hydrogens is 276 g/mol. The Morgan fingerprint density at radius 2 is 2.10 bits per heavy atom. The van der Waals surface area contributed by atoms with Crippen molar-refractivity contribution in [2.24, 2.45) is 0 Å². The van der Waals surface area contributed by atoms with E-state index in [1.165, 1.54) is 18.2 Å². The van der Waals surface area contributed by atoms with Crippen LogP contribution < -0.4 is 5.32 Å². The number of nitro benzene ring substituents is 1. The first-order valence-electron chi connectivity index (χ1n) is 6.65. The predicted molar refractivity (Wildman–Crippen MR) is 76.2 cm³/mol. The van der Waals surface area contributed by atoms with Crippen LogP contribution in [0.1, 0.15) is 42.1 Å². The summed E-state index contributed by atoms with van der Waals surface area (Å²) in [4.78, 5) is 33.5. The van der Waals surface area contributed by atoms with Crippen molar-refractivity contribution in [2.75, 3.05) is 0 Å². The lowest BCUT2D eigenvalue weighted by atomic mass is 10.1. The van der Waals surface area contributed by atoms with Crippen LogP contribution in [0, 0.1) is 17.0 Å². The number of nitrogens with one attached hydrogen (secondary N) is 1. The number of carbonyl (C=O) groups excluding carboxylic acids is 1. The Morgan fingerprint density at radius 3 is 2.62 bits per heavy atom. The molecule has 0 aliphatic heterocycles. The average Bonchev–Trinajstić information content (AvgIpc) is 2.42. The van der Waals surface area contributed by atoms with Crippen molar-refractivity contribution in [3.05, 3.63) is 39.4 Å². The molecule has 0 heterocycles. The third-order valence-electron chi connectivity index (χ3n) is 3.04. The van der Waals surface area contributed by atoms with E-state index in [0.717, 1.165) is 6.42 Å². The number of nitro groups is 1. The first-order chi connectivity index (χ1) is 9.86. The van der Waals surface area contributed by atoms with Crippen LogP contribution in [0.2, 0.25) is 0 Å². The highest BCUT2D eigenvalue weighted by Gasteiger charge is 2.25. The van der Waals surface area contributed by atoms with Gasteiger partial charge in [-0.05, 0) is 25.0 Å². The van der Waals surface area contributed by atoms with Gasteiger partial charge in [0.1, 0.15) is 11.6 Å². The number of nitrogens with zero attached hydrogens (tertiary/aromatic N) is 1. The molecular formula is C14H18N2O5. The molecule has 114 valence electrons. The fraction of sp³-hybridized carbons (Fsp3) is 0.429. The molecule has 0 aliphatic carbocycles. The molecule has 21 heavy (non-hydrogen) atoms. The Labute approximate surface area is 122 Å². The molecule has 7 nitrogen and oxygen atoms in total. The Morgan fingerprint density at radius 1 is 1.43 bits per heavy atom. The van der Waals surface area contributed by atoms with Crippen molar-refractivity contribution in [2.45, 2.75) is 39.2 Å². The van der Waals surface area contributed by atoms with Crippen LogP contribution in [-0.4, -0.2) is 27.9 Å². The number of benzene rings is 1. The molecule has 0 radical (unpaired) electrons. The number of carbonyl (C=O) groups is 2. The summed E-state index contributed by atoms with van der Waals surface area (Å²) >= 11 is 0. The van der Waals surface area contributed by atoms with E-state index in [2.05, 4.69) is 5.32 Å². The summed E-state index contributed by atoms with van der Waals surface area (Å²) in [6.45, 7) is 3.61. The number of carboxylic acid groups (broad SMARTS) is 1. The lowest BCUT2D eigenvalue weighted by Crippen LogP contribution is -2.40. The SMILES string of the molecule is CCCC[C@H](NC(=O)c1cc(C)ccc1[N+](=O)[O-])C(=O)O. The van der Waals surface area contributed by atoms with Crippen molar-refractivity contribution in [1.29, 1.82) is 0 Å². The van der Waals surface area contributed by atoms with Crippen LogP contribution in [0.4, 0.5) is 5.69 Å². The summed E-state index contributed by atoms with van der Waals surface area (Å²) in [5.74, 6) is -1.89. The molecule has 1 rings (SSSR count). The van der Waals surface area contributed by atoms with E-state index < -0.39 is 22.8 Å². The van der Waals surface area contributed by atoms with E-state index in [4.69, 9.17) is 5.11 Å². The molecule has 2 N–H and O–H groups in total. The van der Waals surface area contributed by atoms with Gasteiger partial charge in [0.25, 0.3) is 11.6 Å². The number of unbranched alkanes of at least 4 members (excludes halogenated alkanes) is 1. The second-order valence-corrected chi connectivity index (χ2v) is 4.78. The van der Waals surface area contributed by atoms with E-state index in [1.807, 2.05) is 6.92 Å². The zero-order chi connectivity index (χ0) is 16.0. The van der Waals surface area contributed by atoms with Crippen LogP contribution in [0.15, 0.2) is 18.2 Å². The molecule has 0 bridgehead atoms. The zero-order valence-corrected chi connectivity index (χ0v) is 12.0. The van der Waals surface area contributed by atoms with Gasteiger partial charge in [0.15, 0.2) is 0 Å². The Bertz CT molecular complexity index is 556. The minimum Gasteiger partial charge on any atom is -0.480 e. The number of hydrogen-bond acceptors (Lipinski definition) is 4. The summed E-state index contributed by atoms with van der Waals surface area (Å²) < 4.78 is 0. The van der Waals surface area contributed by atoms with Gasteiger partial charge in [0.2, 0.25) is 0 Å². The molecule has 0 spiro atoms. The van der Waals surface area contributed by atoms with E-state index in [0.29, 0.717) is 12.0 Å². The van der Waals surface area contributed by atoms with Gasteiger partial charge in [0.05, 0.1) is 4.92 Å². The summed E-state index contributed by atoms with van der Waals surface area (Å²) in [5, 5.41) is 22.4. The molecule has 0 fully saturated rings. The molecule has 0 unspecified atom stereocenters. The summed E-state index contributed by atoms with van der Waals surface area (Å²) in [7, 11) is 0. The van der Waals surface area contributed by atoms with Gasteiger partial charge in [-0.3, -0.25) is 14.9 Å². The first kappa shape index (κ1) is 16.6. The molecule has 0 saturated heterocycles. The molecule has 0 saturated carbocycles. The third kappa shape index (κ3) is 4.55. The van der Waals surface area contributed by atoms with E-state index in [1.54, 1.807) is 6.92 Å². The monoisotopic (exact) mass is 294 g/mol. The summed E-state index contributed by atoms with van der Waals surface area (Å²) in [6.07, 6.45) is 1.73. The Balaban J connectivity index is 2.99. The molecule has 0 aromatic heterocycles. The van der Waals surface area contributed by atoms with Crippen molar-refractivity contribution in [1.82, 2.24) is 5.32 Å². The largest absolute Gasteiger partial charge is 0.480 e. The van der Waals surface area contributed by atoms with Crippen molar-refractivity contribution in [3.63, 3.8) is 0 Å². The number of hydrogen-bond donors (Lipinski definition) is 2. The number of rotatable bonds is 7. The topological polar surface area (TPSA) is 110 Å². The van der Waals surface area contributed by atoms with Crippen molar-refractivity contribution >= 4 is 17.6 Å². The smallest absolute Gasteiger partial charge is 0.326 e. The Kier molecular flexibility index (Phi) is 5.83. The summed E-state index contributed by atoms with van der Waals surface area (Å²) in [5.41, 5.74) is 0.228. The average molecular weight is 294 g/mol. The number of carboxylic acids is 1. The normalized spacial score (nSPS) is 11.7. The third-order valence-corrected chi connectivity index (χ3v) is 3.04. The maximum Gasteiger partial charge on any atom is 0.326 e. The lowest BCUT2D eigenvalue weighted by molar-refractivity contribution is -0.385. The van der Waals surface area contributed by atoms with Gasteiger partial charge < -0.3 is 10.4 Å². The number of aryl methyl sites for hydroxylation is 1. The fourth-order valence-electron chi connectivity index (χ4n) is 1.89. The highest BCUT2D eigenvalue weighted by molar-refractivity contribution is 6.00. The van der Waals surface area contributed by atoms with E-state index in [9.17, 15) is 19.7 Å². The molecule has 0 aliphatic rings. The molecule has 7 heteroatoms. The van der Waals surface area contributed by atoms with Gasteiger partial charge in [-0.1, -0.05) is 25.8 Å². The highest BCUT2D eigenvalue weighted by Crippen LogP contribution is 2.20. The maximum atomic E-state index is 12.1. The van der Waals surface area contributed by atoms with Crippen LogP contribution in [0.3, 0.4) is 0 Å². The van der Waals surface area contributed by atoms with E-state index >= 15 is 0 Å². The molecule has 1 aromatic rings. The molecule has 1 atom stereocenters. The number of aliphatic carboxylic acids is 1. The number of amides is 1. The van der Waals surface area contributed by atoms with E-state index in [-0.39, 0.29) is 17.7 Å². The second-order valence-electron chi connectivity index (χ2n) is 4.78. The molecule has 1 amide bonds. The van der Waals surface area contributed by atoms with Gasteiger partial charge >= 0.3 is 5.97 Å². The zero-order valence-electron chi connectivity index (χ0n) is 12.0. The standard InChI is InChI=1S/C14H18N2O5/c1-3-4-5-11(14(18)19)15-13(17)10-8-9(2)6-7-12(10)16(20)21/h6-8,11H,3-5H2,1-2H3,(H,15,17)(H,18,19)/t11-/m0/s1. The van der Waals surface area contributed by atoms with Crippen LogP contribution in [0.25, 0.3) is 0 Å². The second kappa shape index (κ2) is 7.37. The maximum absolute atomic E-state index is 12.1. The van der Waals surface area contributed by atoms with Gasteiger partial charge in [-0.15, -0.1) is 0 Å². The predicted octanol–water partition coefficient (Wildman–Crippen LogP) is 2.28. The quantitative estimate of drug-likeness (QED) is 0.592. The van der Waals surface area contributed by atoms with Gasteiger partial charge in [-0.2, -0.15) is 0 Å². The van der Waals surface area contributed by atoms with Crippen molar-refractivity contribution in [3.8, 4) is 0 Å². The minimum absolute atomic E-state index is 0.122. The molecule has 1 aromatic carbocycles. The highest BCUT2D eigenvalue weighted by atomic mass is 16.6.